The smallest absolute Gasteiger partial charge is 0.248 e. The molecule has 1 atom stereocenters. The van der Waals surface area contributed by atoms with Crippen LogP contribution in [0.25, 0.3) is 0 Å². The molecule has 0 spiro atoms. The summed E-state index contributed by atoms with van der Waals surface area (Å²) < 4.78 is 31.6. The van der Waals surface area contributed by atoms with E-state index >= 15 is 0 Å². The third-order valence-corrected chi connectivity index (χ3v) is 4.42. The highest BCUT2D eigenvalue weighted by atomic mass is 19.3. The van der Waals surface area contributed by atoms with Crippen molar-refractivity contribution in [2.24, 2.45) is 5.41 Å². The van der Waals surface area contributed by atoms with Gasteiger partial charge >= 0.3 is 0 Å². The maximum absolute atomic E-state index is 13.1. The molecule has 100 valence electrons. The van der Waals surface area contributed by atoms with E-state index in [1.807, 2.05) is 0 Å². The Labute approximate surface area is 99.8 Å². The molecule has 3 nitrogen and oxygen atoms in total. The summed E-state index contributed by atoms with van der Waals surface area (Å²) in [6, 6.07) is 0. The first-order valence-corrected chi connectivity index (χ1v) is 6.22. The first-order valence-electron chi connectivity index (χ1n) is 6.22. The molecule has 1 aliphatic carbocycles. The minimum absolute atomic E-state index is 0.0456. The molecular weight excluding hydrogens is 230 g/mol. The lowest BCUT2D eigenvalue weighted by Gasteiger charge is -2.51. The van der Waals surface area contributed by atoms with Gasteiger partial charge in [-0.1, -0.05) is 0 Å². The van der Waals surface area contributed by atoms with Gasteiger partial charge in [-0.2, -0.15) is 0 Å². The molecule has 2 aliphatic rings. The molecule has 1 unspecified atom stereocenters. The second-order valence-electron chi connectivity index (χ2n) is 5.48. The Bertz CT molecular complexity index is 265. The Morgan fingerprint density at radius 3 is 2.18 bits per heavy atom. The fourth-order valence-corrected chi connectivity index (χ4v) is 3.05. The predicted molar refractivity (Wildman–Crippen MR) is 57.9 cm³/mol. The summed E-state index contributed by atoms with van der Waals surface area (Å²) >= 11 is 0. The fourth-order valence-electron chi connectivity index (χ4n) is 3.05. The highest BCUT2D eigenvalue weighted by molar-refractivity contribution is 5.03. The zero-order valence-electron chi connectivity index (χ0n) is 9.92. The van der Waals surface area contributed by atoms with Crippen LogP contribution in [0, 0.1) is 5.41 Å². The lowest BCUT2D eigenvalue weighted by molar-refractivity contribution is -0.204. The Balaban J connectivity index is 2.13. The average molecular weight is 250 g/mol. The second kappa shape index (κ2) is 4.44. The van der Waals surface area contributed by atoms with Crippen LogP contribution in [-0.4, -0.2) is 41.6 Å². The number of ether oxygens (including phenoxy) is 1. The van der Waals surface area contributed by atoms with Crippen molar-refractivity contribution in [2.45, 2.75) is 50.0 Å². The zero-order chi connectivity index (χ0) is 12.6. The lowest BCUT2D eigenvalue weighted by atomic mass is 9.62. The van der Waals surface area contributed by atoms with Gasteiger partial charge in [0.2, 0.25) is 5.92 Å². The molecule has 2 N–H and O–H groups in total. The van der Waals surface area contributed by atoms with Gasteiger partial charge in [-0.3, -0.25) is 0 Å². The SMILES string of the molecule is OCC1(C2(O)CCC(F)(F)CC2)CCCOC1. The predicted octanol–water partition coefficient (Wildman–Crippen LogP) is 1.72. The van der Waals surface area contributed by atoms with Gasteiger partial charge in [0, 0.05) is 24.9 Å². The molecule has 2 rings (SSSR count). The molecule has 5 heteroatoms. The Morgan fingerprint density at radius 2 is 1.71 bits per heavy atom. The van der Waals surface area contributed by atoms with Crippen LogP contribution in [-0.2, 0) is 4.74 Å². The first kappa shape index (κ1) is 13.2. The maximum atomic E-state index is 13.1. The average Bonchev–Trinajstić information content (AvgIpc) is 2.34. The number of hydrogen-bond acceptors (Lipinski definition) is 3. The number of hydrogen-bond donors (Lipinski definition) is 2. The van der Waals surface area contributed by atoms with Crippen LogP contribution in [0.4, 0.5) is 8.78 Å². The highest BCUT2D eigenvalue weighted by Gasteiger charge is 2.55. The zero-order valence-corrected chi connectivity index (χ0v) is 9.92. The van der Waals surface area contributed by atoms with E-state index in [1.165, 1.54) is 0 Å². The van der Waals surface area contributed by atoms with Crippen LogP contribution in [0.2, 0.25) is 0 Å². The van der Waals surface area contributed by atoms with Gasteiger partial charge in [-0.25, -0.2) is 8.78 Å². The standard InChI is InChI=1S/C12H20F2O3/c13-12(14)5-3-11(16,4-6-12)10(8-15)2-1-7-17-9-10/h15-16H,1-9H2. The van der Waals surface area contributed by atoms with Gasteiger partial charge in [-0.15, -0.1) is 0 Å². The third kappa shape index (κ3) is 2.33. The third-order valence-electron chi connectivity index (χ3n) is 4.42. The monoisotopic (exact) mass is 250 g/mol. The highest BCUT2D eigenvalue weighted by Crippen LogP contribution is 2.50. The van der Waals surface area contributed by atoms with E-state index < -0.39 is 16.9 Å². The molecular formula is C12H20F2O3. The molecule has 1 saturated heterocycles. The quantitative estimate of drug-likeness (QED) is 0.784. The van der Waals surface area contributed by atoms with Crippen molar-refractivity contribution in [3.8, 4) is 0 Å². The van der Waals surface area contributed by atoms with Crippen molar-refractivity contribution in [3.63, 3.8) is 0 Å². The summed E-state index contributed by atoms with van der Waals surface area (Å²) in [7, 11) is 0. The van der Waals surface area contributed by atoms with Crippen molar-refractivity contribution in [2.75, 3.05) is 19.8 Å². The van der Waals surface area contributed by atoms with E-state index in [1.54, 1.807) is 0 Å². The van der Waals surface area contributed by atoms with E-state index in [0.717, 1.165) is 6.42 Å². The molecule has 1 aliphatic heterocycles. The summed E-state index contributed by atoms with van der Waals surface area (Å²) in [5.41, 5.74) is -1.95. The summed E-state index contributed by atoms with van der Waals surface area (Å²) in [6.45, 7) is 0.689. The summed E-state index contributed by atoms with van der Waals surface area (Å²) in [5.74, 6) is -2.67. The number of halogens is 2. The number of rotatable bonds is 2. The van der Waals surface area contributed by atoms with Gasteiger partial charge in [0.05, 0.1) is 18.8 Å². The minimum Gasteiger partial charge on any atom is -0.396 e. The molecule has 2 fully saturated rings. The lowest BCUT2D eigenvalue weighted by Crippen LogP contribution is -2.57. The topological polar surface area (TPSA) is 49.7 Å². The molecule has 0 radical (unpaired) electrons. The number of alkyl halides is 2. The molecule has 0 aromatic carbocycles. The van der Waals surface area contributed by atoms with E-state index in [9.17, 15) is 19.0 Å². The number of aliphatic hydroxyl groups is 2. The van der Waals surface area contributed by atoms with Gasteiger partial charge < -0.3 is 14.9 Å². The van der Waals surface area contributed by atoms with Gasteiger partial charge in [-0.05, 0) is 25.7 Å². The molecule has 0 aromatic rings. The first-order chi connectivity index (χ1) is 7.93. The van der Waals surface area contributed by atoms with Gasteiger partial charge in [0.25, 0.3) is 0 Å². The van der Waals surface area contributed by atoms with Crippen LogP contribution in [0.3, 0.4) is 0 Å². The van der Waals surface area contributed by atoms with Crippen LogP contribution in [0.1, 0.15) is 38.5 Å². The second-order valence-corrected chi connectivity index (χ2v) is 5.48. The number of aliphatic hydroxyl groups excluding tert-OH is 1. The fraction of sp³-hybridized carbons (Fsp3) is 1.00. The van der Waals surface area contributed by atoms with Gasteiger partial charge in [0.1, 0.15) is 0 Å². The molecule has 0 bridgehead atoms. The van der Waals surface area contributed by atoms with Crippen molar-refractivity contribution in [1.82, 2.24) is 0 Å². The van der Waals surface area contributed by atoms with Crippen LogP contribution in [0.5, 0.6) is 0 Å². The molecule has 17 heavy (non-hydrogen) atoms. The van der Waals surface area contributed by atoms with Crippen molar-refractivity contribution in [1.29, 1.82) is 0 Å². The van der Waals surface area contributed by atoms with Gasteiger partial charge in [0.15, 0.2) is 0 Å². The van der Waals surface area contributed by atoms with E-state index in [2.05, 4.69) is 0 Å². The molecule has 1 heterocycles. The largest absolute Gasteiger partial charge is 0.396 e. The maximum Gasteiger partial charge on any atom is 0.248 e. The van der Waals surface area contributed by atoms with E-state index in [0.29, 0.717) is 13.0 Å². The molecule has 0 aromatic heterocycles. The summed E-state index contributed by atoms with van der Waals surface area (Å²) in [6.07, 6.45) is 0.898. The van der Waals surface area contributed by atoms with E-state index in [4.69, 9.17) is 4.74 Å². The molecule has 1 saturated carbocycles. The Hall–Kier alpha value is -0.260. The van der Waals surface area contributed by atoms with Crippen LogP contribution in [0.15, 0.2) is 0 Å². The van der Waals surface area contributed by atoms with Crippen molar-refractivity contribution in [3.05, 3.63) is 0 Å². The van der Waals surface area contributed by atoms with Crippen molar-refractivity contribution >= 4 is 0 Å². The Kier molecular flexibility index (Phi) is 3.45. The normalized spacial score (nSPS) is 36.7. The van der Waals surface area contributed by atoms with E-state index in [-0.39, 0.29) is 38.9 Å². The van der Waals surface area contributed by atoms with Crippen LogP contribution < -0.4 is 0 Å². The van der Waals surface area contributed by atoms with Crippen molar-refractivity contribution < 1.29 is 23.7 Å². The van der Waals surface area contributed by atoms with Crippen LogP contribution >= 0.6 is 0 Å². The Morgan fingerprint density at radius 1 is 1.06 bits per heavy atom. The molecule has 0 amide bonds. The summed E-state index contributed by atoms with van der Waals surface area (Å²) in [5, 5.41) is 20.2. The minimum atomic E-state index is -2.67. The summed E-state index contributed by atoms with van der Waals surface area (Å²) in [4.78, 5) is 0.